The van der Waals surface area contributed by atoms with E-state index in [1.54, 1.807) is 18.6 Å². The Bertz CT molecular complexity index is 1080. The normalized spacial score (nSPS) is 18.8. The number of ether oxygens (including phenoxy) is 1. The zero-order chi connectivity index (χ0) is 21.8. The third kappa shape index (κ3) is 4.61. The second kappa shape index (κ2) is 9.42. The number of benzene rings is 1. The van der Waals surface area contributed by atoms with Gasteiger partial charge in [-0.2, -0.15) is 0 Å². The number of hydrogen-bond donors (Lipinski definition) is 1. The van der Waals surface area contributed by atoms with Gasteiger partial charge in [0.25, 0.3) is 0 Å². The van der Waals surface area contributed by atoms with Crippen molar-refractivity contribution in [3.05, 3.63) is 72.3 Å². The summed E-state index contributed by atoms with van der Waals surface area (Å²) in [6.07, 6.45) is 6.76. The van der Waals surface area contributed by atoms with E-state index in [0.717, 1.165) is 37.3 Å². The second-order valence-electron chi connectivity index (χ2n) is 8.04. The molecule has 0 spiro atoms. The van der Waals surface area contributed by atoms with Crippen LogP contribution in [0.2, 0.25) is 0 Å². The summed E-state index contributed by atoms with van der Waals surface area (Å²) in [5.41, 5.74) is 3.14. The number of para-hydroxylation sites is 1. The molecule has 0 saturated carbocycles. The molecule has 8 heteroatoms. The summed E-state index contributed by atoms with van der Waals surface area (Å²) in [5.74, 6) is 1.46. The van der Waals surface area contributed by atoms with Gasteiger partial charge < -0.3 is 15.0 Å². The van der Waals surface area contributed by atoms with E-state index >= 15 is 0 Å². The van der Waals surface area contributed by atoms with Gasteiger partial charge in [0.05, 0.1) is 25.0 Å². The van der Waals surface area contributed by atoms with Crippen molar-refractivity contribution in [3.8, 4) is 0 Å². The van der Waals surface area contributed by atoms with Crippen LogP contribution in [-0.2, 0) is 16.0 Å². The minimum Gasteiger partial charge on any atom is -0.369 e. The molecule has 4 heterocycles. The highest BCUT2D eigenvalue weighted by atomic mass is 16.5. The molecule has 1 unspecified atom stereocenters. The van der Waals surface area contributed by atoms with Crippen molar-refractivity contribution in [2.24, 2.45) is 0 Å². The maximum atomic E-state index is 13.1. The second-order valence-corrected chi connectivity index (χ2v) is 8.04. The Morgan fingerprint density at radius 1 is 1.09 bits per heavy atom. The van der Waals surface area contributed by atoms with Crippen molar-refractivity contribution in [2.75, 3.05) is 43.0 Å². The van der Waals surface area contributed by atoms with Gasteiger partial charge in [-0.05, 0) is 36.6 Å². The van der Waals surface area contributed by atoms with Crippen molar-refractivity contribution >= 4 is 23.2 Å². The molecule has 32 heavy (non-hydrogen) atoms. The molecular weight excluding hydrogens is 404 g/mol. The van der Waals surface area contributed by atoms with Crippen LogP contribution < -0.4 is 10.2 Å². The lowest BCUT2D eigenvalue weighted by Gasteiger charge is -2.35. The molecular formula is C24H26N6O2. The maximum Gasteiger partial charge on any atom is 0.241 e. The highest BCUT2D eigenvalue weighted by molar-refractivity contribution is 5.96. The molecule has 1 N–H and O–H groups in total. The number of carbonyl (C=O) groups is 1. The van der Waals surface area contributed by atoms with Crippen molar-refractivity contribution < 1.29 is 9.53 Å². The monoisotopic (exact) mass is 430 g/mol. The topological polar surface area (TPSA) is 83.5 Å². The quantitative estimate of drug-likeness (QED) is 0.666. The van der Waals surface area contributed by atoms with Crippen LogP contribution in [0.5, 0.6) is 0 Å². The molecule has 5 rings (SSSR count). The van der Waals surface area contributed by atoms with E-state index in [4.69, 9.17) is 9.72 Å². The Hall–Kier alpha value is -3.36. The number of morpholine rings is 1. The summed E-state index contributed by atoms with van der Waals surface area (Å²) in [6.45, 7) is 3.09. The molecule has 8 nitrogen and oxygen atoms in total. The van der Waals surface area contributed by atoms with Gasteiger partial charge in [0.15, 0.2) is 0 Å². The predicted octanol–water partition coefficient (Wildman–Crippen LogP) is 2.97. The highest BCUT2D eigenvalue weighted by Gasteiger charge is 2.28. The van der Waals surface area contributed by atoms with Crippen molar-refractivity contribution in [1.82, 2.24) is 19.9 Å². The van der Waals surface area contributed by atoms with Gasteiger partial charge in [-0.3, -0.25) is 14.7 Å². The van der Waals surface area contributed by atoms with Crippen LogP contribution in [0.4, 0.5) is 17.3 Å². The van der Waals surface area contributed by atoms with Gasteiger partial charge in [0.1, 0.15) is 17.7 Å². The molecule has 1 amide bonds. The van der Waals surface area contributed by atoms with Crippen molar-refractivity contribution in [1.29, 1.82) is 0 Å². The van der Waals surface area contributed by atoms with Crippen LogP contribution in [0.1, 0.15) is 23.8 Å². The summed E-state index contributed by atoms with van der Waals surface area (Å²) in [6, 6.07) is 14.0. The number of anilines is 3. The molecule has 0 radical (unpaired) electrons. The molecule has 2 aliphatic heterocycles. The van der Waals surface area contributed by atoms with Crippen LogP contribution in [-0.4, -0.2) is 58.5 Å². The number of amides is 1. The lowest BCUT2D eigenvalue weighted by Crippen LogP contribution is -2.47. The van der Waals surface area contributed by atoms with E-state index in [0.29, 0.717) is 31.3 Å². The van der Waals surface area contributed by atoms with Gasteiger partial charge in [-0.15, -0.1) is 0 Å². The Labute approximate surface area is 187 Å². The third-order valence-corrected chi connectivity index (χ3v) is 5.84. The van der Waals surface area contributed by atoms with Gasteiger partial charge in [0, 0.05) is 37.7 Å². The first-order chi connectivity index (χ1) is 15.8. The van der Waals surface area contributed by atoms with Gasteiger partial charge in [-0.25, -0.2) is 9.97 Å². The smallest absolute Gasteiger partial charge is 0.241 e. The standard InChI is InChI=1S/C24H26N6O2/c31-24(30-12-4-6-18-5-1-2-8-20(18)30)17-29-13-14-32-21(16-29)19-7-3-9-22(27-19)28-23-15-25-10-11-26-23/h1-3,5,7-11,15,21H,4,6,12-14,16-17H2,(H,26,27,28). The van der Waals surface area contributed by atoms with E-state index < -0.39 is 0 Å². The van der Waals surface area contributed by atoms with E-state index in [1.165, 1.54) is 5.56 Å². The van der Waals surface area contributed by atoms with Gasteiger partial charge >= 0.3 is 0 Å². The average Bonchev–Trinajstić information content (AvgIpc) is 2.85. The summed E-state index contributed by atoms with van der Waals surface area (Å²) in [5, 5.41) is 3.16. The minimum absolute atomic E-state index is 0.142. The van der Waals surface area contributed by atoms with E-state index in [1.807, 2.05) is 41.3 Å². The molecule has 1 saturated heterocycles. The van der Waals surface area contributed by atoms with Crippen LogP contribution in [0.25, 0.3) is 0 Å². The van der Waals surface area contributed by atoms with Gasteiger partial charge in [-0.1, -0.05) is 24.3 Å². The molecule has 3 aromatic rings. The van der Waals surface area contributed by atoms with Crippen LogP contribution in [0, 0.1) is 0 Å². The lowest BCUT2D eigenvalue weighted by molar-refractivity contribution is -0.122. The summed E-state index contributed by atoms with van der Waals surface area (Å²) in [7, 11) is 0. The third-order valence-electron chi connectivity index (χ3n) is 5.84. The molecule has 1 aromatic carbocycles. The average molecular weight is 431 g/mol. The fraction of sp³-hybridized carbons (Fsp3) is 0.333. The number of nitrogens with one attached hydrogen (secondary N) is 1. The number of hydrogen-bond acceptors (Lipinski definition) is 7. The van der Waals surface area contributed by atoms with E-state index in [2.05, 4.69) is 26.3 Å². The minimum atomic E-state index is -0.186. The first-order valence-electron chi connectivity index (χ1n) is 11.0. The number of rotatable bonds is 5. The molecule has 0 bridgehead atoms. The van der Waals surface area contributed by atoms with Crippen LogP contribution >= 0.6 is 0 Å². The van der Waals surface area contributed by atoms with Crippen LogP contribution in [0.15, 0.2) is 61.1 Å². The first kappa shape index (κ1) is 20.5. The first-order valence-corrected chi connectivity index (χ1v) is 11.0. The molecule has 0 aliphatic carbocycles. The Morgan fingerprint density at radius 3 is 2.94 bits per heavy atom. The zero-order valence-corrected chi connectivity index (χ0v) is 17.9. The molecule has 1 fully saturated rings. The van der Waals surface area contributed by atoms with E-state index in [-0.39, 0.29) is 12.0 Å². The molecule has 2 aromatic heterocycles. The van der Waals surface area contributed by atoms with Crippen molar-refractivity contribution in [3.63, 3.8) is 0 Å². The Morgan fingerprint density at radius 2 is 2.03 bits per heavy atom. The zero-order valence-electron chi connectivity index (χ0n) is 17.9. The van der Waals surface area contributed by atoms with Crippen LogP contribution in [0.3, 0.4) is 0 Å². The number of nitrogens with zero attached hydrogens (tertiary/aromatic N) is 5. The number of fused-ring (bicyclic) bond motifs is 1. The molecule has 164 valence electrons. The number of aryl methyl sites for hydroxylation is 1. The van der Waals surface area contributed by atoms with E-state index in [9.17, 15) is 4.79 Å². The maximum absolute atomic E-state index is 13.1. The summed E-state index contributed by atoms with van der Waals surface area (Å²) < 4.78 is 6.00. The molecule has 2 aliphatic rings. The SMILES string of the molecule is O=C(CN1CCOC(c2cccc(Nc3cnccn3)n2)C1)N1CCCc2ccccc21. The van der Waals surface area contributed by atoms with Gasteiger partial charge in [0.2, 0.25) is 5.91 Å². The molecule has 1 atom stereocenters. The Kier molecular flexibility index (Phi) is 6.04. The summed E-state index contributed by atoms with van der Waals surface area (Å²) in [4.78, 5) is 30.2. The predicted molar refractivity (Wildman–Crippen MR) is 122 cm³/mol. The lowest BCUT2D eigenvalue weighted by atomic mass is 10.0. The fourth-order valence-electron chi connectivity index (χ4n) is 4.29. The highest BCUT2D eigenvalue weighted by Crippen LogP contribution is 2.28. The van der Waals surface area contributed by atoms with Crippen molar-refractivity contribution in [2.45, 2.75) is 18.9 Å². The summed E-state index contributed by atoms with van der Waals surface area (Å²) >= 11 is 0. The fourth-order valence-corrected chi connectivity index (χ4v) is 4.29. The number of aromatic nitrogens is 3. The number of carbonyl (C=O) groups excluding carboxylic acids is 1. The largest absolute Gasteiger partial charge is 0.369 e. The number of pyridine rings is 1. The Balaban J connectivity index is 1.24.